The molecule has 17 heavy (non-hydrogen) atoms. The van der Waals surface area contributed by atoms with E-state index in [0.29, 0.717) is 6.04 Å². The third-order valence-electron chi connectivity index (χ3n) is 3.76. The zero-order valence-electron chi connectivity index (χ0n) is 10.2. The minimum absolute atomic E-state index is 0.545. The van der Waals surface area contributed by atoms with E-state index in [1.807, 2.05) is 0 Å². The normalized spacial score (nSPS) is 21.3. The molecule has 2 aromatic rings. The van der Waals surface area contributed by atoms with Crippen LogP contribution in [0.4, 0.5) is 0 Å². The van der Waals surface area contributed by atoms with Gasteiger partial charge in [-0.1, -0.05) is 55.3 Å². The molecule has 1 saturated heterocycles. The van der Waals surface area contributed by atoms with Crippen molar-refractivity contribution >= 4 is 10.8 Å². The van der Waals surface area contributed by atoms with E-state index in [2.05, 4.69) is 47.8 Å². The molecule has 0 aliphatic carbocycles. The van der Waals surface area contributed by atoms with Crippen LogP contribution in [0.15, 0.2) is 42.5 Å². The van der Waals surface area contributed by atoms with Crippen molar-refractivity contribution in [3.63, 3.8) is 0 Å². The second kappa shape index (κ2) is 4.89. The highest BCUT2D eigenvalue weighted by Crippen LogP contribution is 2.28. The summed E-state index contributed by atoms with van der Waals surface area (Å²) < 4.78 is 0. The van der Waals surface area contributed by atoms with Crippen molar-refractivity contribution in [2.75, 3.05) is 6.54 Å². The Morgan fingerprint density at radius 2 is 1.76 bits per heavy atom. The van der Waals surface area contributed by atoms with Crippen LogP contribution in [-0.4, -0.2) is 6.54 Å². The lowest BCUT2D eigenvalue weighted by molar-refractivity contribution is 0.538. The van der Waals surface area contributed by atoms with Gasteiger partial charge in [0.1, 0.15) is 0 Å². The molecule has 1 atom stereocenters. The third-order valence-corrected chi connectivity index (χ3v) is 3.76. The Balaban J connectivity index is 2.03. The van der Waals surface area contributed by atoms with Gasteiger partial charge in [-0.15, -0.1) is 0 Å². The monoisotopic (exact) mass is 225 g/mol. The van der Waals surface area contributed by atoms with Gasteiger partial charge in [0, 0.05) is 6.04 Å². The van der Waals surface area contributed by atoms with E-state index < -0.39 is 0 Å². The van der Waals surface area contributed by atoms with Crippen LogP contribution >= 0.6 is 0 Å². The fraction of sp³-hybridized carbons (Fsp3) is 0.375. The Morgan fingerprint density at radius 1 is 0.882 bits per heavy atom. The molecule has 1 nitrogen and oxygen atoms in total. The first-order chi connectivity index (χ1) is 8.45. The van der Waals surface area contributed by atoms with Crippen molar-refractivity contribution in [3.05, 3.63) is 48.0 Å². The topological polar surface area (TPSA) is 12.0 Å². The third kappa shape index (κ3) is 2.20. The SMILES string of the molecule is c1ccc2c([C@H]3CCCCCN3)cccc2c1. The summed E-state index contributed by atoms with van der Waals surface area (Å²) in [6, 6.07) is 15.9. The van der Waals surface area contributed by atoms with Crippen LogP contribution < -0.4 is 5.32 Å². The van der Waals surface area contributed by atoms with E-state index in [9.17, 15) is 0 Å². The van der Waals surface area contributed by atoms with Gasteiger partial charge in [0.05, 0.1) is 0 Å². The minimum atomic E-state index is 0.545. The Bertz CT molecular complexity index is 490. The summed E-state index contributed by atoms with van der Waals surface area (Å²) in [5.41, 5.74) is 1.48. The Labute approximate surface area is 103 Å². The molecule has 88 valence electrons. The highest BCUT2D eigenvalue weighted by Gasteiger charge is 2.15. The first-order valence-corrected chi connectivity index (χ1v) is 6.66. The van der Waals surface area contributed by atoms with Crippen molar-refractivity contribution < 1.29 is 0 Å². The van der Waals surface area contributed by atoms with Gasteiger partial charge in [0.25, 0.3) is 0 Å². The molecule has 1 heteroatoms. The maximum absolute atomic E-state index is 3.69. The van der Waals surface area contributed by atoms with Gasteiger partial charge in [-0.2, -0.15) is 0 Å². The summed E-state index contributed by atoms with van der Waals surface area (Å²) in [4.78, 5) is 0. The van der Waals surface area contributed by atoms with Crippen LogP contribution in [0.1, 0.15) is 37.3 Å². The molecule has 2 aromatic carbocycles. The number of nitrogens with one attached hydrogen (secondary N) is 1. The molecule has 3 rings (SSSR count). The molecule has 1 N–H and O–H groups in total. The van der Waals surface area contributed by atoms with Gasteiger partial charge in [0.15, 0.2) is 0 Å². The standard InChI is InChI=1S/C16H19N/c1-2-11-16(17-12-5-1)15-10-6-8-13-7-3-4-9-14(13)15/h3-4,6-10,16-17H,1-2,5,11-12H2/t16-/m1/s1. The first kappa shape index (κ1) is 10.8. The molecule has 0 saturated carbocycles. The first-order valence-electron chi connectivity index (χ1n) is 6.66. The van der Waals surface area contributed by atoms with E-state index >= 15 is 0 Å². The summed E-state index contributed by atoms with van der Waals surface area (Å²) in [5, 5.41) is 6.46. The van der Waals surface area contributed by atoms with Gasteiger partial charge < -0.3 is 5.32 Å². The zero-order valence-corrected chi connectivity index (χ0v) is 10.2. The summed E-state index contributed by atoms with van der Waals surface area (Å²) in [6.07, 6.45) is 5.31. The number of hydrogen-bond donors (Lipinski definition) is 1. The van der Waals surface area contributed by atoms with E-state index in [4.69, 9.17) is 0 Å². The van der Waals surface area contributed by atoms with Crippen LogP contribution in [-0.2, 0) is 0 Å². The lowest BCUT2D eigenvalue weighted by atomic mass is 9.96. The van der Waals surface area contributed by atoms with Crippen molar-refractivity contribution in [3.8, 4) is 0 Å². The molecule has 0 unspecified atom stereocenters. The maximum atomic E-state index is 3.69. The fourth-order valence-corrected chi connectivity index (χ4v) is 2.85. The van der Waals surface area contributed by atoms with Crippen molar-refractivity contribution in [1.29, 1.82) is 0 Å². The number of hydrogen-bond acceptors (Lipinski definition) is 1. The number of fused-ring (bicyclic) bond motifs is 1. The van der Waals surface area contributed by atoms with Gasteiger partial charge in [0.2, 0.25) is 0 Å². The molecule has 0 radical (unpaired) electrons. The summed E-state index contributed by atoms with van der Waals surface area (Å²) >= 11 is 0. The number of benzene rings is 2. The van der Waals surface area contributed by atoms with Crippen molar-refractivity contribution in [2.24, 2.45) is 0 Å². The maximum Gasteiger partial charge on any atom is 0.0326 e. The molecular formula is C16H19N. The van der Waals surface area contributed by atoms with Gasteiger partial charge >= 0.3 is 0 Å². The summed E-state index contributed by atoms with van der Waals surface area (Å²) in [5.74, 6) is 0. The number of rotatable bonds is 1. The predicted molar refractivity (Wildman–Crippen MR) is 73.2 cm³/mol. The van der Waals surface area contributed by atoms with E-state index in [-0.39, 0.29) is 0 Å². The van der Waals surface area contributed by atoms with Gasteiger partial charge in [-0.05, 0) is 35.7 Å². The highest BCUT2D eigenvalue weighted by molar-refractivity contribution is 5.86. The molecule has 0 spiro atoms. The average Bonchev–Trinajstić information content (AvgIpc) is 2.67. The molecule has 1 aliphatic rings. The molecule has 0 aromatic heterocycles. The smallest absolute Gasteiger partial charge is 0.0326 e. The largest absolute Gasteiger partial charge is 0.310 e. The lowest BCUT2D eigenvalue weighted by Gasteiger charge is -2.18. The second-order valence-corrected chi connectivity index (χ2v) is 4.92. The minimum Gasteiger partial charge on any atom is -0.310 e. The zero-order chi connectivity index (χ0) is 11.5. The van der Waals surface area contributed by atoms with Crippen LogP contribution in [0.2, 0.25) is 0 Å². The van der Waals surface area contributed by atoms with Crippen LogP contribution in [0.5, 0.6) is 0 Å². The second-order valence-electron chi connectivity index (χ2n) is 4.92. The van der Waals surface area contributed by atoms with Crippen LogP contribution in [0.25, 0.3) is 10.8 Å². The van der Waals surface area contributed by atoms with E-state index in [1.165, 1.54) is 42.0 Å². The van der Waals surface area contributed by atoms with E-state index in [0.717, 1.165) is 6.54 Å². The average molecular weight is 225 g/mol. The molecule has 0 amide bonds. The molecule has 1 heterocycles. The van der Waals surface area contributed by atoms with Gasteiger partial charge in [-0.3, -0.25) is 0 Å². The Morgan fingerprint density at radius 3 is 2.76 bits per heavy atom. The molecule has 1 fully saturated rings. The predicted octanol–water partition coefficient (Wildman–Crippen LogP) is 4.04. The Hall–Kier alpha value is -1.34. The molecule has 1 aliphatic heterocycles. The van der Waals surface area contributed by atoms with Crippen LogP contribution in [0.3, 0.4) is 0 Å². The summed E-state index contributed by atoms with van der Waals surface area (Å²) in [7, 11) is 0. The Kier molecular flexibility index (Phi) is 3.10. The highest BCUT2D eigenvalue weighted by atomic mass is 14.9. The van der Waals surface area contributed by atoms with Crippen LogP contribution in [0, 0.1) is 0 Å². The van der Waals surface area contributed by atoms with E-state index in [1.54, 1.807) is 0 Å². The van der Waals surface area contributed by atoms with Gasteiger partial charge in [-0.25, -0.2) is 0 Å². The summed E-state index contributed by atoms with van der Waals surface area (Å²) in [6.45, 7) is 1.16. The molecular weight excluding hydrogens is 206 g/mol. The van der Waals surface area contributed by atoms with Crippen molar-refractivity contribution in [1.82, 2.24) is 5.32 Å². The molecule has 0 bridgehead atoms. The fourth-order valence-electron chi connectivity index (χ4n) is 2.85. The quantitative estimate of drug-likeness (QED) is 0.772. The lowest BCUT2D eigenvalue weighted by Crippen LogP contribution is -2.20. The van der Waals surface area contributed by atoms with Crippen molar-refractivity contribution in [2.45, 2.75) is 31.7 Å².